The van der Waals surface area contributed by atoms with Gasteiger partial charge in [-0.1, -0.05) is 11.6 Å². The fraction of sp³-hybridized carbons (Fsp3) is 0.0952. The molecule has 0 atom stereocenters. The summed E-state index contributed by atoms with van der Waals surface area (Å²) in [6.45, 7) is 1.98. The Morgan fingerprint density at radius 2 is 1.61 bits per heavy atom. The number of furan rings is 1. The molecular weight excluding hydrogens is 440 g/mol. The van der Waals surface area contributed by atoms with Gasteiger partial charge < -0.3 is 25.1 Å². The summed E-state index contributed by atoms with van der Waals surface area (Å²) in [5, 5.41) is 12.0. The molecule has 160 valence electrons. The molecule has 1 aromatic heterocycles. The summed E-state index contributed by atoms with van der Waals surface area (Å²) in [4.78, 5) is 23.5. The summed E-state index contributed by atoms with van der Waals surface area (Å²) >= 11 is 11.5. The van der Waals surface area contributed by atoms with Gasteiger partial charge in [-0.25, -0.2) is 4.79 Å². The minimum atomic E-state index is -0.578. The predicted molar refractivity (Wildman–Crippen MR) is 125 cm³/mol. The summed E-state index contributed by atoms with van der Waals surface area (Å²) in [6, 6.07) is 15.2. The number of amides is 2. The van der Waals surface area contributed by atoms with Crippen LogP contribution in [0.5, 0.6) is 0 Å². The first-order valence-electron chi connectivity index (χ1n) is 9.21. The average molecular weight is 459 g/mol. The van der Waals surface area contributed by atoms with Gasteiger partial charge in [0.1, 0.15) is 0 Å². The van der Waals surface area contributed by atoms with E-state index in [0.29, 0.717) is 27.2 Å². The van der Waals surface area contributed by atoms with Gasteiger partial charge in [-0.05, 0) is 73.7 Å². The van der Waals surface area contributed by atoms with Crippen molar-refractivity contribution in [2.75, 3.05) is 27.9 Å². The van der Waals surface area contributed by atoms with Crippen molar-refractivity contribution in [1.82, 2.24) is 0 Å². The van der Waals surface area contributed by atoms with Crippen molar-refractivity contribution in [3.63, 3.8) is 0 Å². The number of hydrogen-bond acceptors (Lipinski definition) is 5. The van der Waals surface area contributed by atoms with E-state index in [0.717, 1.165) is 5.69 Å². The SMILES string of the molecule is CCOC(=O)Nc1ccc(NC(=S)Nc2ccc(NC(=O)c3ccco3)cc2)cc1Cl. The molecule has 0 aliphatic rings. The van der Waals surface area contributed by atoms with E-state index in [2.05, 4.69) is 21.3 Å². The third kappa shape index (κ3) is 6.46. The monoisotopic (exact) mass is 458 g/mol. The van der Waals surface area contributed by atoms with Crippen molar-refractivity contribution < 1.29 is 18.7 Å². The average Bonchev–Trinajstić information content (AvgIpc) is 3.27. The zero-order valence-corrected chi connectivity index (χ0v) is 18.0. The third-order valence-corrected chi connectivity index (χ3v) is 4.40. The van der Waals surface area contributed by atoms with E-state index < -0.39 is 6.09 Å². The molecule has 8 nitrogen and oxygen atoms in total. The van der Waals surface area contributed by atoms with Gasteiger partial charge >= 0.3 is 6.09 Å². The van der Waals surface area contributed by atoms with Crippen LogP contribution in [0.1, 0.15) is 17.5 Å². The van der Waals surface area contributed by atoms with E-state index in [9.17, 15) is 9.59 Å². The summed E-state index contributed by atoms with van der Waals surface area (Å²) in [5.74, 6) is -0.101. The molecule has 31 heavy (non-hydrogen) atoms. The summed E-state index contributed by atoms with van der Waals surface area (Å²) in [5.41, 5.74) is 2.40. The lowest BCUT2D eigenvalue weighted by atomic mass is 10.2. The number of carbonyl (C=O) groups excluding carboxylic acids is 2. The Balaban J connectivity index is 1.54. The van der Waals surface area contributed by atoms with E-state index in [-0.39, 0.29) is 18.3 Å². The maximum atomic E-state index is 12.0. The second kappa shape index (κ2) is 10.5. The molecule has 10 heteroatoms. The molecule has 0 aliphatic carbocycles. The number of rotatable bonds is 6. The highest BCUT2D eigenvalue weighted by molar-refractivity contribution is 7.80. The quantitative estimate of drug-likeness (QED) is 0.358. The highest BCUT2D eigenvalue weighted by Crippen LogP contribution is 2.26. The summed E-state index contributed by atoms with van der Waals surface area (Å²) < 4.78 is 9.89. The first-order valence-corrected chi connectivity index (χ1v) is 9.99. The van der Waals surface area contributed by atoms with Gasteiger partial charge in [-0.3, -0.25) is 10.1 Å². The smallest absolute Gasteiger partial charge is 0.411 e. The molecule has 0 saturated carbocycles. The molecule has 3 aromatic rings. The number of carbonyl (C=O) groups is 2. The standard InChI is InChI=1S/C21H19ClN4O4S/c1-2-29-21(28)26-17-10-9-15(12-16(17)22)25-20(31)24-14-7-5-13(6-8-14)23-19(27)18-4-3-11-30-18/h3-12H,2H2,1H3,(H,23,27)(H,26,28)(H2,24,25,31). The molecule has 0 spiro atoms. The minimum absolute atomic E-state index is 0.231. The van der Waals surface area contributed by atoms with Gasteiger partial charge in [-0.2, -0.15) is 0 Å². The molecule has 0 radical (unpaired) electrons. The van der Waals surface area contributed by atoms with Crippen molar-refractivity contribution in [1.29, 1.82) is 0 Å². The van der Waals surface area contributed by atoms with Gasteiger partial charge in [0.2, 0.25) is 0 Å². The molecule has 0 bridgehead atoms. The lowest BCUT2D eigenvalue weighted by Crippen LogP contribution is -2.19. The van der Waals surface area contributed by atoms with Crippen LogP contribution < -0.4 is 21.3 Å². The zero-order valence-electron chi connectivity index (χ0n) is 16.4. The van der Waals surface area contributed by atoms with E-state index in [1.807, 2.05) is 0 Å². The molecule has 0 aliphatic heterocycles. The molecule has 0 unspecified atom stereocenters. The van der Waals surface area contributed by atoms with Crippen LogP contribution >= 0.6 is 23.8 Å². The van der Waals surface area contributed by atoms with Crippen LogP contribution in [0, 0.1) is 0 Å². The van der Waals surface area contributed by atoms with Crippen molar-refractivity contribution in [2.24, 2.45) is 0 Å². The van der Waals surface area contributed by atoms with Gasteiger partial charge in [0.25, 0.3) is 5.91 Å². The predicted octanol–water partition coefficient (Wildman–Crippen LogP) is 5.56. The Labute approximate surface area is 188 Å². The highest BCUT2D eigenvalue weighted by atomic mass is 35.5. The number of nitrogens with one attached hydrogen (secondary N) is 4. The van der Waals surface area contributed by atoms with Crippen molar-refractivity contribution in [3.05, 3.63) is 71.6 Å². The summed E-state index contributed by atoms with van der Waals surface area (Å²) in [7, 11) is 0. The summed E-state index contributed by atoms with van der Waals surface area (Å²) in [6.07, 6.45) is 0.860. The second-order valence-electron chi connectivity index (χ2n) is 6.13. The Bertz CT molecular complexity index is 1070. The van der Waals surface area contributed by atoms with E-state index in [4.69, 9.17) is 33.0 Å². The molecule has 2 aromatic carbocycles. The number of thiocarbonyl (C=S) groups is 1. The topological polar surface area (TPSA) is 105 Å². The van der Waals surface area contributed by atoms with Crippen LogP contribution in [0.15, 0.2) is 65.3 Å². The fourth-order valence-electron chi connectivity index (χ4n) is 2.50. The van der Waals surface area contributed by atoms with Crippen LogP contribution in [-0.4, -0.2) is 23.7 Å². The maximum absolute atomic E-state index is 12.0. The number of anilines is 4. The molecular formula is C21H19ClN4O4S. The van der Waals surface area contributed by atoms with Gasteiger partial charge in [-0.15, -0.1) is 0 Å². The Morgan fingerprint density at radius 1 is 0.968 bits per heavy atom. The van der Waals surface area contributed by atoms with E-state index in [1.54, 1.807) is 61.5 Å². The van der Waals surface area contributed by atoms with Gasteiger partial charge in [0.05, 0.1) is 23.6 Å². The Morgan fingerprint density at radius 3 is 2.23 bits per heavy atom. The van der Waals surface area contributed by atoms with Crippen LogP contribution in [0.25, 0.3) is 0 Å². The molecule has 3 rings (SSSR count). The molecule has 1 heterocycles. The molecule has 4 N–H and O–H groups in total. The first-order chi connectivity index (χ1) is 14.9. The van der Waals surface area contributed by atoms with Crippen molar-refractivity contribution >= 4 is 63.7 Å². The lowest BCUT2D eigenvalue weighted by Gasteiger charge is -2.13. The zero-order chi connectivity index (χ0) is 22.2. The van der Waals surface area contributed by atoms with Crippen LogP contribution in [0.3, 0.4) is 0 Å². The molecule has 2 amide bonds. The minimum Gasteiger partial charge on any atom is -0.459 e. The normalized spacial score (nSPS) is 10.1. The highest BCUT2D eigenvalue weighted by Gasteiger charge is 2.09. The molecule has 0 fully saturated rings. The van der Waals surface area contributed by atoms with Crippen molar-refractivity contribution in [3.8, 4) is 0 Å². The number of halogens is 1. The third-order valence-electron chi connectivity index (χ3n) is 3.88. The second-order valence-corrected chi connectivity index (χ2v) is 6.94. The number of benzene rings is 2. The fourth-order valence-corrected chi connectivity index (χ4v) is 2.97. The molecule has 0 saturated heterocycles. The van der Waals surface area contributed by atoms with Gasteiger partial charge in [0.15, 0.2) is 10.9 Å². The van der Waals surface area contributed by atoms with Crippen molar-refractivity contribution in [2.45, 2.75) is 6.92 Å². The number of hydrogen-bond donors (Lipinski definition) is 4. The van der Waals surface area contributed by atoms with E-state index in [1.165, 1.54) is 6.26 Å². The van der Waals surface area contributed by atoms with Gasteiger partial charge in [0, 0.05) is 17.1 Å². The van der Waals surface area contributed by atoms with Crippen LogP contribution in [0.4, 0.5) is 27.5 Å². The first kappa shape index (κ1) is 22.1. The Kier molecular flexibility index (Phi) is 7.47. The Hall–Kier alpha value is -3.56. The van der Waals surface area contributed by atoms with Crippen LogP contribution in [-0.2, 0) is 4.74 Å². The van der Waals surface area contributed by atoms with E-state index >= 15 is 0 Å². The number of ether oxygens (including phenoxy) is 1. The largest absolute Gasteiger partial charge is 0.459 e. The van der Waals surface area contributed by atoms with Crippen LogP contribution in [0.2, 0.25) is 5.02 Å². The lowest BCUT2D eigenvalue weighted by molar-refractivity contribution is 0.0996. The maximum Gasteiger partial charge on any atom is 0.411 e.